The van der Waals surface area contributed by atoms with Gasteiger partial charge in [0.1, 0.15) is 10.6 Å². The van der Waals surface area contributed by atoms with Gasteiger partial charge in [-0.2, -0.15) is 12.6 Å². The van der Waals surface area contributed by atoms with E-state index in [2.05, 4.69) is 30.2 Å². The Hall–Kier alpha value is -1.76. The molecule has 4 nitrogen and oxygen atoms in total. The molecule has 0 aliphatic heterocycles. The Bertz CT molecular complexity index is 851. The maximum absolute atomic E-state index is 12.7. The Kier molecular flexibility index (Phi) is 7.75. The second-order valence-corrected chi connectivity index (χ2v) is 6.77. The third-order valence-corrected chi connectivity index (χ3v) is 5.19. The predicted molar refractivity (Wildman–Crippen MR) is 114 cm³/mol. The summed E-state index contributed by atoms with van der Waals surface area (Å²) in [6.45, 7) is 6.22. The van der Waals surface area contributed by atoms with E-state index in [-0.39, 0.29) is 5.78 Å². The van der Waals surface area contributed by atoms with Crippen LogP contribution in [0.5, 0.6) is 5.75 Å². The summed E-state index contributed by atoms with van der Waals surface area (Å²) >= 11 is 5.08. The van der Waals surface area contributed by atoms with Crippen molar-refractivity contribution in [2.24, 2.45) is 5.73 Å². The number of nitrogens with two attached hydrogens (primary N) is 1. The average Bonchev–Trinajstić information content (AvgIpc) is 3.19. The summed E-state index contributed by atoms with van der Waals surface area (Å²) in [4.78, 5) is 14.7. The highest BCUT2D eigenvalue weighted by atomic mass is 32.1. The Balaban J connectivity index is 0.00000117. The molecule has 140 valence electrons. The van der Waals surface area contributed by atoms with Gasteiger partial charge in [0.15, 0.2) is 0 Å². The predicted octanol–water partition coefficient (Wildman–Crippen LogP) is 4.54. The fourth-order valence-corrected chi connectivity index (χ4v) is 4.01. The lowest BCUT2D eigenvalue weighted by Gasteiger charge is -2.05. The Labute approximate surface area is 164 Å². The molecular weight excluding hydrogens is 364 g/mol. The number of hydrogen-bond acceptors (Lipinski definition) is 5. The summed E-state index contributed by atoms with van der Waals surface area (Å²) in [5.74, 6) is 0.844. The first-order chi connectivity index (χ1) is 12.6. The number of fused-ring (bicyclic) bond motifs is 1. The lowest BCUT2D eigenvalue weighted by atomic mass is 10.1. The maximum atomic E-state index is 12.7. The molecule has 0 aliphatic rings. The number of rotatable bonds is 7. The minimum Gasteiger partial charge on any atom is -0.494 e. The number of aromatic nitrogens is 1. The molecule has 0 amide bonds. The second kappa shape index (κ2) is 9.80. The van der Waals surface area contributed by atoms with E-state index in [9.17, 15) is 4.79 Å². The van der Waals surface area contributed by atoms with Crippen LogP contribution in [0.2, 0.25) is 0 Å². The highest BCUT2D eigenvalue weighted by Crippen LogP contribution is 2.31. The molecule has 0 radical (unpaired) electrons. The molecule has 0 bridgehead atoms. The zero-order chi connectivity index (χ0) is 19.1. The number of carbonyl (C=O) groups is 1. The SMILES string of the molecule is CCOc1ccc(C(=O)c2cc3cc(C)n(CCCN)c3s2)cc1.CS. The average molecular weight is 391 g/mol. The molecule has 26 heavy (non-hydrogen) atoms. The van der Waals surface area contributed by atoms with Crippen molar-refractivity contribution >= 4 is 40.0 Å². The summed E-state index contributed by atoms with van der Waals surface area (Å²) in [5.41, 5.74) is 7.53. The molecule has 0 fully saturated rings. The number of benzene rings is 1. The first-order valence-corrected chi connectivity index (χ1v) is 10.4. The molecule has 2 N–H and O–H groups in total. The molecule has 0 saturated carbocycles. The number of hydrogen-bond donors (Lipinski definition) is 2. The molecule has 6 heteroatoms. The quantitative estimate of drug-likeness (QED) is 0.460. The molecule has 0 aliphatic carbocycles. The Morgan fingerprint density at radius 1 is 1.23 bits per heavy atom. The Morgan fingerprint density at radius 2 is 1.92 bits per heavy atom. The van der Waals surface area contributed by atoms with E-state index >= 15 is 0 Å². The van der Waals surface area contributed by atoms with Gasteiger partial charge in [0.25, 0.3) is 0 Å². The fourth-order valence-electron chi connectivity index (χ4n) is 2.82. The molecule has 3 aromatic rings. The maximum Gasteiger partial charge on any atom is 0.203 e. The number of ether oxygens (including phenoxy) is 1. The number of aryl methyl sites for hydroxylation is 2. The van der Waals surface area contributed by atoms with Crippen LogP contribution in [0.3, 0.4) is 0 Å². The molecule has 0 saturated heterocycles. The molecule has 0 unspecified atom stereocenters. The van der Waals surface area contributed by atoms with Crippen molar-refractivity contribution in [1.82, 2.24) is 4.57 Å². The van der Waals surface area contributed by atoms with Gasteiger partial charge in [0, 0.05) is 23.2 Å². The van der Waals surface area contributed by atoms with Crippen LogP contribution in [0, 0.1) is 6.92 Å². The summed E-state index contributed by atoms with van der Waals surface area (Å²) < 4.78 is 7.68. The molecule has 0 spiro atoms. The van der Waals surface area contributed by atoms with Gasteiger partial charge < -0.3 is 15.0 Å². The molecule has 2 aromatic heterocycles. The minimum absolute atomic E-state index is 0.0577. The van der Waals surface area contributed by atoms with Crippen LogP contribution in [0.15, 0.2) is 36.4 Å². The van der Waals surface area contributed by atoms with E-state index < -0.39 is 0 Å². The lowest BCUT2D eigenvalue weighted by Crippen LogP contribution is -2.06. The highest BCUT2D eigenvalue weighted by Gasteiger charge is 2.16. The van der Waals surface area contributed by atoms with Gasteiger partial charge in [-0.15, -0.1) is 11.3 Å². The van der Waals surface area contributed by atoms with Gasteiger partial charge in [-0.1, -0.05) is 0 Å². The van der Waals surface area contributed by atoms with Crippen molar-refractivity contribution in [1.29, 1.82) is 0 Å². The van der Waals surface area contributed by atoms with E-state index in [1.807, 2.05) is 37.3 Å². The van der Waals surface area contributed by atoms with Crippen LogP contribution in [-0.2, 0) is 6.54 Å². The van der Waals surface area contributed by atoms with E-state index in [0.717, 1.165) is 33.8 Å². The number of thiophene rings is 1. The number of carbonyl (C=O) groups excluding carboxylic acids is 1. The number of thiol groups is 1. The summed E-state index contributed by atoms with van der Waals surface area (Å²) in [6.07, 6.45) is 2.63. The first-order valence-electron chi connectivity index (χ1n) is 8.66. The summed E-state index contributed by atoms with van der Waals surface area (Å²) in [7, 11) is 0. The third-order valence-electron chi connectivity index (χ3n) is 4.01. The van der Waals surface area contributed by atoms with Gasteiger partial charge >= 0.3 is 0 Å². The lowest BCUT2D eigenvalue weighted by molar-refractivity contribution is 0.104. The molecule has 2 heterocycles. The van der Waals surface area contributed by atoms with Gasteiger partial charge in [0.05, 0.1) is 11.5 Å². The van der Waals surface area contributed by atoms with E-state index in [1.54, 1.807) is 17.6 Å². The van der Waals surface area contributed by atoms with Gasteiger partial charge in [-0.3, -0.25) is 4.79 Å². The first kappa shape index (κ1) is 20.6. The van der Waals surface area contributed by atoms with Crippen molar-refractivity contribution in [2.45, 2.75) is 26.8 Å². The van der Waals surface area contributed by atoms with Crippen LogP contribution < -0.4 is 10.5 Å². The molecular formula is C20H26N2O2S2. The monoisotopic (exact) mass is 390 g/mol. The van der Waals surface area contributed by atoms with Crippen LogP contribution in [0.1, 0.15) is 34.3 Å². The zero-order valence-electron chi connectivity index (χ0n) is 15.5. The van der Waals surface area contributed by atoms with Crippen molar-refractivity contribution in [3.8, 4) is 5.75 Å². The minimum atomic E-state index is 0.0577. The van der Waals surface area contributed by atoms with Gasteiger partial charge in [0.2, 0.25) is 5.78 Å². The normalized spacial score (nSPS) is 10.5. The zero-order valence-corrected chi connectivity index (χ0v) is 17.2. The second-order valence-electron chi connectivity index (χ2n) is 5.74. The van der Waals surface area contributed by atoms with E-state index in [4.69, 9.17) is 10.5 Å². The summed E-state index contributed by atoms with van der Waals surface area (Å²) in [5, 5.41) is 1.13. The smallest absolute Gasteiger partial charge is 0.203 e. The van der Waals surface area contributed by atoms with E-state index in [1.165, 1.54) is 5.69 Å². The number of nitrogens with zero attached hydrogens (tertiary/aromatic N) is 1. The number of ketones is 1. The van der Waals surface area contributed by atoms with Crippen LogP contribution in [-0.4, -0.2) is 29.8 Å². The van der Waals surface area contributed by atoms with Gasteiger partial charge in [-0.25, -0.2) is 0 Å². The van der Waals surface area contributed by atoms with Crippen LogP contribution >= 0.6 is 24.0 Å². The molecule has 0 atom stereocenters. The van der Waals surface area contributed by atoms with Crippen molar-refractivity contribution < 1.29 is 9.53 Å². The standard InChI is InChI=1S/C19H22N2O2S.CH4S/c1-3-23-16-7-5-14(6-8-16)18(22)17-12-15-11-13(2)21(10-4-9-20)19(15)24-17;1-2/h5-8,11-12H,3-4,9-10,20H2,1-2H3;2H,1H3. The largest absolute Gasteiger partial charge is 0.494 e. The molecule has 1 aromatic carbocycles. The van der Waals surface area contributed by atoms with Crippen LogP contribution in [0.25, 0.3) is 10.2 Å². The summed E-state index contributed by atoms with van der Waals surface area (Å²) in [6, 6.07) is 11.5. The van der Waals surface area contributed by atoms with Crippen LogP contribution in [0.4, 0.5) is 0 Å². The van der Waals surface area contributed by atoms with Gasteiger partial charge in [-0.05, 0) is 69.5 Å². The topological polar surface area (TPSA) is 57.2 Å². The van der Waals surface area contributed by atoms with Crippen molar-refractivity contribution in [2.75, 3.05) is 19.4 Å². The van der Waals surface area contributed by atoms with Crippen molar-refractivity contribution in [3.05, 3.63) is 52.5 Å². The highest BCUT2D eigenvalue weighted by molar-refractivity contribution is 7.79. The molecule has 3 rings (SSSR count). The Morgan fingerprint density at radius 3 is 2.54 bits per heavy atom. The van der Waals surface area contributed by atoms with Crippen molar-refractivity contribution in [3.63, 3.8) is 0 Å². The third kappa shape index (κ3) is 4.50. The van der Waals surface area contributed by atoms with E-state index in [0.29, 0.717) is 18.7 Å². The fraction of sp³-hybridized carbons (Fsp3) is 0.350.